The van der Waals surface area contributed by atoms with Gasteiger partial charge < -0.3 is 0 Å². The molecule has 4 heterocycles. The van der Waals surface area contributed by atoms with Crippen LogP contribution in [0.15, 0.2) is 59.3 Å². The SMILES string of the molecule is Cc1n[nH]c(C)c1S(=O)(=O)N1CCC2=Cc3c(cnn3-c3ccc(F)cc3)CC2(C(=O)c2cc(C(F)(F)F)ccn2)C1. The number of Topliss-reactive ketones (excluding diaryl/α,β-unsaturated/α-hetero) is 1. The summed E-state index contributed by atoms with van der Waals surface area (Å²) in [6.07, 6.45) is -0.415. The van der Waals surface area contributed by atoms with Gasteiger partial charge in [0.1, 0.15) is 16.4 Å². The lowest BCUT2D eigenvalue weighted by atomic mass is 9.65. The van der Waals surface area contributed by atoms with Crippen LogP contribution in [0.1, 0.15) is 45.1 Å². The molecule has 1 unspecified atom stereocenters. The number of carbonyl (C=O) groups excluding carboxylic acids is 1. The number of aromatic amines is 1. The number of fused-ring (bicyclic) bond motifs is 2. The number of benzene rings is 1. The average Bonchev–Trinajstić information content (AvgIpc) is 3.52. The van der Waals surface area contributed by atoms with E-state index in [9.17, 15) is 30.8 Å². The third kappa shape index (κ3) is 4.45. The van der Waals surface area contributed by atoms with E-state index >= 15 is 0 Å². The number of hydrogen-bond acceptors (Lipinski definition) is 6. The number of aromatic nitrogens is 5. The highest BCUT2D eigenvalue weighted by Crippen LogP contribution is 2.47. The van der Waals surface area contributed by atoms with E-state index in [1.54, 1.807) is 36.7 Å². The van der Waals surface area contributed by atoms with Crippen LogP contribution < -0.4 is 0 Å². The number of halogens is 4. The van der Waals surface area contributed by atoms with Gasteiger partial charge in [0, 0.05) is 19.3 Å². The van der Waals surface area contributed by atoms with Crippen LogP contribution >= 0.6 is 0 Å². The number of nitrogens with one attached hydrogen (secondary N) is 1. The summed E-state index contributed by atoms with van der Waals surface area (Å²) >= 11 is 0. The maximum atomic E-state index is 14.3. The second-order valence-electron chi connectivity index (χ2n) is 10.5. The number of nitrogens with zero attached hydrogens (tertiary/aromatic N) is 5. The summed E-state index contributed by atoms with van der Waals surface area (Å²) in [7, 11) is -4.13. The van der Waals surface area contributed by atoms with Gasteiger partial charge >= 0.3 is 6.18 Å². The minimum absolute atomic E-state index is 0.00431. The molecule has 0 bridgehead atoms. The first-order valence-corrected chi connectivity index (χ1v) is 14.4. The summed E-state index contributed by atoms with van der Waals surface area (Å²) in [4.78, 5) is 18.2. The predicted molar refractivity (Wildman–Crippen MR) is 143 cm³/mol. The van der Waals surface area contributed by atoms with E-state index in [-0.39, 0.29) is 36.5 Å². The minimum atomic E-state index is -4.71. The van der Waals surface area contributed by atoms with Crippen molar-refractivity contribution in [1.29, 1.82) is 0 Å². The molecule has 0 spiro atoms. The van der Waals surface area contributed by atoms with Crippen molar-refractivity contribution < 1.29 is 30.8 Å². The van der Waals surface area contributed by atoms with Crippen LogP contribution in [-0.2, 0) is 22.6 Å². The van der Waals surface area contributed by atoms with Crippen molar-refractivity contribution in [2.45, 2.75) is 37.8 Å². The second kappa shape index (κ2) is 9.70. The Balaban J connectivity index is 1.48. The molecule has 3 aromatic heterocycles. The lowest BCUT2D eigenvalue weighted by molar-refractivity contribution is -0.137. The van der Waals surface area contributed by atoms with E-state index in [0.29, 0.717) is 34.3 Å². The van der Waals surface area contributed by atoms with Crippen LogP contribution in [0.25, 0.3) is 11.8 Å². The summed E-state index contributed by atoms with van der Waals surface area (Å²) in [5.41, 5.74) is -0.0754. The van der Waals surface area contributed by atoms with Gasteiger partial charge in [0.2, 0.25) is 10.0 Å². The van der Waals surface area contributed by atoms with Crippen LogP contribution in [0.5, 0.6) is 0 Å². The topological polar surface area (TPSA) is 114 Å². The van der Waals surface area contributed by atoms with Crippen molar-refractivity contribution in [3.05, 3.63) is 94.1 Å². The Morgan fingerprint density at radius 1 is 1.12 bits per heavy atom. The summed E-state index contributed by atoms with van der Waals surface area (Å²) < 4.78 is 84.7. The predicted octanol–water partition coefficient (Wildman–Crippen LogP) is 4.67. The molecule has 4 aromatic rings. The molecule has 9 nitrogen and oxygen atoms in total. The molecular formula is C28H24F4N6O3S. The number of pyridine rings is 1. The lowest BCUT2D eigenvalue weighted by Crippen LogP contribution is -2.53. The van der Waals surface area contributed by atoms with E-state index < -0.39 is 44.5 Å². The zero-order valence-electron chi connectivity index (χ0n) is 22.4. The van der Waals surface area contributed by atoms with E-state index in [2.05, 4.69) is 20.3 Å². The first-order chi connectivity index (χ1) is 19.8. The van der Waals surface area contributed by atoms with Crippen molar-refractivity contribution in [2.75, 3.05) is 13.1 Å². The number of carbonyl (C=O) groups is 1. The molecule has 14 heteroatoms. The molecule has 0 saturated carbocycles. The smallest absolute Gasteiger partial charge is 0.291 e. The van der Waals surface area contributed by atoms with E-state index in [1.165, 1.54) is 22.6 Å². The second-order valence-corrected chi connectivity index (χ2v) is 12.4. The van der Waals surface area contributed by atoms with E-state index in [0.717, 1.165) is 12.3 Å². The third-order valence-corrected chi connectivity index (χ3v) is 9.97. The lowest BCUT2D eigenvalue weighted by Gasteiger charge is -2.44. The molecule has 1 atom stereocenters. The van der Waals surface area contributed by atoms with Gasteiger partial charge in [-0.3, -0.25) is 14.9 Å². The first kappa shape index (κ1) is 28.0. The highest BCUT2D eigenvalue weighted by molar-refractivity contribution is 7.89. The van der Waals surface area contributed by atoms with Crippen LogP contribution in [0, 0.1) is 25.1 Å². The molecule has 1 saturated heterocycles. The van der Waals surface area contributed by atoms with Crippen LogP contribution in [-0.4, -0.2) is 56.6 Å². The Hall–Kier alpha value is -4.17. The average molecular weight is 601 g/mol. The number of aryl methyl sites for hydroxylation is 2. The maximum absolute atomic E-state index is 14.3. The summed E-state index contributed by atoms with van der Waals surface area (Å²) in [5, 5.41) is 11.1. The Morgan fingerprint density at radius 2 is 1.86 bits per heavy atom. The highest BCUT2D eigenvalue weighted by Gasteiger charge is 2.52. The van der Waals surface area contributed by atoms with Gasteiger partial charge in [0.25, 0.3) is 0 Å². The van der Waals surface area contributed by atoms with E-state index in [1.807, 2.05) is 0 Å². The standard InChI is InChI=1S/C28H24F4N6O3S/c1-16-25(17(2)36-35-16)42(40,41)37-10-8-19-12-24-18(14-34-38(24)22-5-3-21(29)4-6-22)13-27(19,15-37)26(39)23-11-20(7-9-33-23)28(30,31)32/h3-7,9,11-12,14H,8,10,13,15H2,1-2H3,(H,35,36). The monoisotopic (exact) mass is 600 g/mol. The zero-order chi connectivity index (χ0) is 30.0. The Labute approximate surface area is 237 Å². The fourth-order valence-corrected chi connectivity index (χ4v) is 7.67. The van der Waals surface area contributed by atoms with Gasteiger partial charge in [0.05, 0.1) is 39.9 Å². The van der Waals surface area contributed by atoms with Gasteiger partial charge in [0.15, 0.2) is 5.78 Å². The quantitative estimate of drug-likeness (QED) is 0.263. The molecule has 1 N–H and O–H groups in total. The Bertz CT molecular complexity index is 1840. The molecule has 1 aliphatic carbocycles. The van der Waals surface area contributed by atoms with Gasteiger partial charge in [-0.2, -0.15) is 27.7 Å². The maximum Gasteiger partial charge on any atom is 0.416 e. The molecule has 1 aromatic carbocycles. The molecule has 0 amide bonds. The largest absolute Gasteiger partial charge is 0.416 e. The van der Waals surface area contributed by atoms with Gasteiger partial charge in [-0.25, -0.2) is 17.5 Å². The fourth-order valence-electron chi connectivity index (χ4n) is 5.83. The molecule has 2 aliphatic rings. The van der Waals surface area contributed by atoms with E-state index in [4.69, 9.17) is 0 Å². The molecular weight excluding hydrogens is 576 g/mol. The van der Waals surface area contributed by atoms with Gasteiger partial charge in [-0.15, -0.1) is 0 Å². The van der Waals surface area contributed by atoms with Crippen LogP contribution in [0.3, 0.4) is 0 Å². The van der Waals surface area contributed by atoms with Gasteiger partial charge in [-0.05, 0) is 74.7 Å². The zero-order valence-corrected chi connectivity index (χ0v) is 23.2. The van der Waals surface area contributed by atoms with Gasteiger partial charge in [-0.1, -0.05) is 5.57 Å². The number of H-pyrrole nitrogens is 1. The Kier molecular flexibility index (Phi) is 6.46. The summed E-state index contributed by atoms with van der Waals surface area (Å²) in [6.45, 7) is 2.84. The number of ketones is 1. The normalized spacial score (nSPS) is 19.2. The highest BCUT2D eigenvalue weighted by atomic mass is 32.2. The van der Waals surface area contributed by atoms with Crippen LogP contribution in [0.4, 0.5) is 17.6 Å². The third-order valence-electron chi connectivity index (χ3n) is 7.87. The van der Waals surface area contributed by atoms with Crippen molar-refractivity contribution in [3.63, 3.8) is 0 Å². The van der Waals surface area contributed by atoms with Crippen LogP contribution in [0.2, 0.25) is 0 Å². The summed E-state index contributed by atoms with van der Waals surface area (Å²) in [5.74, 6) is -1.14. The number of rotatable bonds is 5. The molecule has 1 fully saturated rings. The van der Waals surface area contributed by atoms with Crippen molar-refractivity contribution in [1.82, 2.24) is 29.3 Å². The minimum Gasteiger partial charge on any atom is -0.291 e. The number of sulfonamides is 1. The first-order valence-electron chi connectivity index (χ1n) is 12.9. The Morgan fingerprint density at radius 3 is 2.52 bits per heavy atom. The molecule has 218 valence electrons. The number of alkyl halides is 3. The van der Waals surface area contributed by atoms with Crippen molar-refractivity contribution in [3.8, 4) is 5.69 Å². The molecule has 42 heavy (non-hydrogen) atoms. The molecule has 0 radical (unpaired) electrons. The molecule has 6 rings (SSSR count). The fraction of sp³-hybridized carbons (Fsp3) is 0.286. The molecule has 1 aliphatic heterocycles. The van der Waals surface area contributed by atoms with Crippen molar-refractivity contribution in [2.24, 2.45) is 5.41 Å². The summed E-state index contributed by atoms with van der Waals surface area (Å²) in [6, 6.07) is 7.14. The van der Waals surface area contributed by atoms with Crippen molar-refractivity contribution >= 4 is 21.9 Å². The number of piperidine rings is 1. The number of hydrogen-bond donors (Lipinski definition) is 1.